The Morgan fingerprint density at radius 2 is 2.10 bits per heavy atom. The number of hydrogen-bond donors (Lipinski definition) is 1. The van der Waals surface area contributed by atoms with Crippen molar-refractivity contribution in [2.75, 3.05) is 6.26 Å². The van der Waals surface area contributed by atoms with Gasteiger partial charge in [-0.3, -0.25) is 9.36 Å². The van der Waals surface area contributed by atoms with Crippen molar-refractivity contribution in [1.29, 1.82) is 0 Å². The monoisotopic (exact) mass is 310 g/mol. The van der Waals surface area contributed by atoms with E-state index in [9.17, 15) is 14.7 Å². The van der Waals surface area contributed by atoms with Gasteiger partial charge < -0.3 is 5.11 Å². The summed E-state index contributed by atoms with van der Waals surface area (Å²) < 4.78 is 1.73. The predicted molar refractivity (Wildman–Crippen MR) is 84.2 cm³/mol. The summed E-state index contributed by atoms with van der Waals surface area (Å²) in [5.74, 6) is -1.54. The SMILES string of the molecule is CSC1CCCC1n1c(C)c(C(C)C(=O)O)c(C)nc1=O. The van der Waals surface area contributed by atoms with Crippen molar-refractivity contribution in [3.05, 3.63) is 27.4 Å². The van der Waals surface area contributed by atoms with Gasteiger partial charge in [-0.1, -0.05) is 6.42 Å². The molecule has 1 aromatic rings. The number of hydrogen-bond acceptors (Lipinski definition) is 4. The molecule has 1 aliphatic carbocycles. The minimum Gasteiger partial charge on any atom is -0.481 e. The summed E-state index contributed by atoms with van der Waals surface area (Å²) in [5, 5.41) is 9.69. The van der Waals surface area contributed by atoms with Crippen LogP contribution in [0.25, 0.3) is 0 Å². The van der Waals surface area contributed by atoms with Gasteiger partial charge in [0, 0.05) is 22.2 Å². The largest absolute Gasteiger partial charge is 0.481 e. The van der Waals surface area contributed by atoms with E-state index in [1.165, 1.54) is 0 Å². The zero-order valence-electron chi connectivity index (χ0n) is 12.9. The Labute approximate surface area is 128 Å². The van der Waals surface area contributed by atoms with Gasteiger partial charge in [0.1, 0.15) is 0 Å². The number of carboxylic acid groups (broad SMARTS) is 1. The number of carbonyl (C=O) groups is 1. The molecule has 0 saturated heterocycles. The zero-order valence-corrected chi connectivity index (χ0v) is 13.7. The standard InChI is InChI=1S/C15H22N2O3S/c1-8(14(18)19)13-9(2)16-15(20)17(10(13)3)11-6-5-7-12(11)21-4/h8,11-12H,5-7H2,1-4H3,(H,18,19). The molecule has 1 aromatic heterocycles. The average Bonchev–Trinajstić information content (AvgIpc) is 2.86. The van der Waals surface area contributed by atoms with Gasteiger partial charge in [0.2, 0.25) is 0 Å². The molecule has 1 heterocycles. The van der Waals surface area contributed by atoms with Crippen molar-refractivity contribution in [2.45, 2.75) is 57.2 Å². The molecule has 3 unspecified atom stereocenters. The van der Waals surface area contributed by atoms with Crippen LogP contribution in [0.15, 0.2) is 4.79 Å². The molecule has 0 radical (unpaired) electrons. The molecule has 1 fully saturated rings. The van der Waals surface area contributed by atoms with Crippen LogP contribution in [0.3, 0.4) is 0 Å². The molecule has 0 aliphatic heterocycles. The van der Waals surface area contributed by atoms with Crippen molar-refractivity contribution in [3.8, 4) is 0 Å². The van der Waals surface area contributed by atoms with Gasteiger partial charge >= 0.3 is 11.7 Å². The summed E-state index contributed by atoms with van der Waals surface area (Å²) in [5.41, 5.74) is 1.71. The normalized spacial score (nSPS) is 23.2. The number of aliphatic carboxylic acids is 1. The lowest BCUT2D eigenvalue weighted by molar-refractivity contribution is -0.138. The number of thioether (sulfide) groups is 1. The van der Waals surface area contributed by atoms with Gasteiger partial charge in [0.25, 0.3) is 0 Å². The van der Waals surface area contributed by atoms with Gasteiger partial charge in [-0.25, -0.2) is 4.79 Å². The fraction of sp³-hybridized carbons (Fsp3) is 0.667. The van der Waals surface area contributed by atoms with Gasteiger partial charge in [-0.05, 0) is 39.9 Å². The molecule has 116 valence electrons. The smallest absolute Gasteiger partial charge is 0.348 e. The lowest BCUT2D eigenvalue weighted by Crippen LogP contribution is -2.34. The lowest BCUT2D eigenvalue weighted by Gasteiger charge is -2.25. The quantitative estimate of drug-likeness (QED) is 0.925. The summed E-state index contributed by atoms with van der Waals surface area (Å²) in [4.78, 5) is 27.8. The summed E-state index contributed by atoms with van der Waals surface area (Å²) in [7, 11) is 0. The molecule has 0 spiro atoms. The van der Waals surface area contributed by atoms with Crippen LogP contribution in [-0.2, 0) is 4.79 Å². The van der Waals surface area contributed by atoms with E-state index >= 15 is 0 Å². The van der Waals surface area contributed by atoms with Gasteiger partial charge in [0.05, 0.1) is 12.0 Å². The molecule has 2 rings (SSSR count). The molecule has 6 heteroatoms. The summed E-state index contributed by atoms with van der Waals surface area (Å²) in [6.45, 7) is 5.21. The van der Waals surface area contributed by atoms with Crippen molar-refractivity contribution in [2.24, 2.45) is 0 Å². The highest BCUT2D eigenvalue weighted by atomic mass is 32.2. The third-order valence-corrected chi connectivity index (χ3v) is 5.62. The first-order valence-corrected chi connectivity index (χ1v) is 8.52. The molecule has 5 nitrogen and oxygen atoms in total. The number of aromatic nitrogens is 2. The second-order valence-corrected chi connectivity index (χ2v) is 6.76. The van der Waals surface area contributed by atoms with Crippen LogP contribution in [0, 0.1) is 13.8 Å². The predicted octanol–water partition coefficient (Wildman–Crippen LogP) is 2.50. The fourth-order valence-electron chi connectivity index (χ4n) is 3.41. The first kappa shape index (κ1) is 16.1. The van der Waals surface area contributed by atoms with Gasteiger partial charge in [-0.2, -0.15) is 16.7 Å². The van der Waals surface area contributed by atoms with Crippen LogP contribution in [-0.4, -0.2) is 32.1 Å². The van der Waals surface area contributed by atoms with E-state index in [0.717, 1.165) is 25.0 Å². The summed E-state index contributed by atoms with van der Waals surface area (Å²) in [6, 6.07) is 0.125. The van der Waals surface area contributed by atoms with Crippen molar-refractivity contribution in [3.63, 3.8) is 0 Å². The minimum absolute atomic E-state index is 0.125. The van der Waals surface area contributed by atoms with E-state index < -0.39 is 11.9 Å². The highest BCUT2D eigenvalue weighted by molar-refractivity contribution is 7.99. The molecular formula is C15H22N2O3S. The maximum atomic E-state index is 12.3. The Morgan fingerprint density at radius 3 is 2.67 bits per heavy atom. The Kier molecular flexibility index (Phi) is 4.76. The number of rotatable bonds is 4. The summed E-state index contributed by atoms with van der Waals surface area (Å²) >= 11 is 1.77. The second-order valence-electron chi connectivity index (χ2n) is 5.68. The highest BCUT2D eigenvalue weighted by Crippen LogP contribution is 2.38. The molecular weight excluding hydrogens is 288 g/mol. The third-order valence-electron chi connectivity index (χ3n) is 4.47. The Morgan fingerprint density at radius 1 is 1.43 bits per heavy atom. The van der Waals surface area contributed by atoms with Crippen LogP contribution in [0.5, 0.6) is 0 Å². The van der Waals surface area contributed by atoms with Gasteiger partial charge in [0.15, 0.2) is 0 Å². The Balaban J connectivity index is 2.59. The fourth-order valence-corrected chi connectivity index (χ4v) is 4.38. The average molecular weight is 310 g/mol. The van der Waals surface area contributed by atoms with Crippen LogP contribution in [0.4, 0.5) is 0 Å². The Bertz CT molecular complexity index is 612. The van der Waals surface area contributed by atoms with Gasteiger partial charge in [-0.15, -0.1) is 0 Å². The molecule has 1 aliphatic rings. The highest BCUT2D eigenvalue weighted by Gasteiger charge is 2.32. The molecule has 0 aromatic carbocycles. The van der Waals surface area contributed by atoms with E-state index in [1.54, 1.807) is 30.2 Å². The van der Waals surface area contributed by atoms with Crippen LogP contribution < -0.4 is 5.69 Å². The minimum atomic E-state index is -0.888. The third kappa shape index (κ3) is 2.86. The van der Waals surface area contributed by atoms with E-state index in [-0.39, 0.29) is 11.7 Å². The molecule has 21 heavy (non-hydrogen) atoms. The first-order chi connectivity index (χ1) is 9.88. The lowest BCUT2D eigenvalue weighted by atomic mass is 9.97. The van der Waals surface area contributed by atoms with E-state index in [2.05, 4.69) is 11.2 Å². The van der Waals surface area contributed by atoms with Crippen LogP contribution in [0.2, 0.25) is 0 Å². The molecule has 1 saturated carbocycles. The van der Waals surface area contributed by atoms with E-state index in [4.69, 9.17) is 0 Å². The maximum absolute atomic E-state index is 12.3. The van der Waals surface area contributed by atoms with E-state index in [0.29, 0.717) is 16.5 Å². The number of carboxylic acids is 1. The molecule has 0 bridgehead atoms. The molecule has 1 N–H and O–H groups in total. The van der Waals surface area contributed by atoms with Crippen molar-refractivity contribution in [1.82, 2.24) is 9.55 Å². The molecule has 0 amide bonds. The van der Waals surface area contributed by atoms with Crippen LogP contribution in [0.1, 0.15) is 55.1 Å². The zero-order chi connectivity index (χ0) is 15.7. The van der Waals surface area contributed by atoms with Crippen molar-refractivity contribution >= 4 is 17.7 Å². The van der Waals surface area contributed by atoms with E-state index in [1.807, 2.05) is 6.92 Å². The topological polar surface area (TPSA) is 72.2 Å². The second kappa shape index (κ2) is 6.22. The van der Waals surface area contributed by atoms with Crippen LogP contribution >= 0.6 is 11.8 Å². The number of aryl methyl sites for hydroxylation is 1. The first-order valence-electron chi connectivity index (χ1n) is 7.23. The number of nitrogens with zero attached hydrogens (tertiary/aromatic N) is 2. The maximum Gasteiger partial charge on any atom is 0.348 e. The Hall–Kier alpha value is -1.30. The summed E-state index contributed by atoms with van der Waals surface area (Å²) in [6.07, 6.45) is 5.21. The van der Waals surface area contributed by atoms with Crippen molar-refractivity contribution < 1.29 is 9.90 Å². The molecule has 3 atom stereocenters.